The van der Waals surface area contributed by atoms with Crippen LogP contribution in [-0.2, 0) is 20.7 Å². The fourth-order valence-corrected chi connectivity index (χ4v) is 3.28. The van der Waals surface area contributed by atoms with E-state index in [0.717, 1.165) is 43.5 Å². The van der Waals surface area contributed by atoms with Gasteiger partial charge >= 0.3 is 0 Å². The van der Waals surface area contributed by atoms with E-state index in [1.54, 1.807) is 16.8 Å². The van der Waals surface area contributed by atoms with E-state index in [0.29, 0.717) is 13.0 Å². The van der Waals surface area contributed by atoms with E-state index in [9.17, 15) is 9.59 Å². The second kappa shape index (κ2) is 7.13. The van der Waals surface area contributed by atoms with Gasteiger partial charge in [-0.15, -0.1) is 0 Å². The van der Waals surface area contributed by atoms with Crippen molar-refractivity contribution in [3.8, 4) is 0 Å². The molecule has 0 saturated carbocycles. The minimum Gasteiger partial charge on any atom is -0.376 e. The van der Waals surface area contributed by atoms with Gasteiger partial charge in [0, 0.05) is 32.3 Å². The Morgan fingerprint density at radius 1 is 1.30 bits per heavy atom. The molecule has 0 aromatic heterocycles. The monoisotopic (exact) mass is 316 g/mol. The third-order valence-electron chi connectivity index (χ3n) is 4.66. The molecule has 0 spiro atoms. The van der Waals surface area contributed by atoms with E-state index >= 15 is 0 Å². The van der Waals surface area contributed by atoms with E-state index in [1.165, 1.54) is 0 Å². The number of benzene rings is 1. The predicted octanol–water partition coefficient (Wildman–Crippen LogP) is 1.99. The number of carbonyl (C=O) groups excluding carboxylic acids is 2. The smallest absolute Gasteiger partial charge is 0.242 e. The van der Waals surface area contributed by atoms with Crippen molar-refractivity contribution in [2.24, 2.45) is 0 Å². The number of likely N-dealkylation sites (N-methyl/N-ethyl adjacent to an activating group) is 1. The molecule has 5 nitrogen and oxygen atoms in total. The first-order valence-electron chi connectivity index (χ1n) is 8.39. The van der Waals surface area contributed by atoms with Gasteiger partial charge in [0.1, 0.15) is 6.54 Å². The standard InChI is InChI=1S/C18H24N2O3/c1-19(12-15-7-4-5-11-23-15)18(22)13-20-16-8-3-2-6-14(16)9-10-17(20)21/h2-3,6,8,15H,4-5,7,9-13H2,1H3/t15-/m1/s1. The summed E-state index contributed by atoms with van der Waals surface area (Å²) in [4.78, 5) is 28.1. The highest BCUT2D eigenvalue weighted by Gasteiger charge is 2.27. The van der Waals surface area contributed by atoms with Crippen LogP contribution in [0.4, 0.5) is 5.69 Å². The number of amides is 2. The van der Waals surface area contributed by atoms with Gasteiger partial charge in [0.15, 0.2) is 0 Å². The molecule has 2 amide bonds. The second-order valence-electron chi connectivity index (χ2n) is 6.37. The molecule has 3 rings (SSSR count). The number of nitrogens with zero attached hydrogens (tertiary/aromatic N) is 2. The topological polar surface area (TPSA) is 49.9 Å². The van der Waals surface area contributed by atoms with Crippen LogP contribution in [0.3, 0.4) is 0 Å². The van der Waals surface area contributed by atoms with Crippen molar-refractivity contribution in [2.75, 3.05) is 31.6 Å². The summed E-state index contributed by atoms with van der Waals surface area (Å²) in [5.74, 6) is -0.0106. The molecule has 2 aliphatic heterocycles. The van der Waals surface area contributed by atoms with Crippen LogP contribution in [0.1, 0.15) is 31.2 Å². The molecule has 0 N–H and O–H groups in total. The van der Waals surface area contributed by atoms with Crippen molar-refractivity contribution in [1.82, 2.24) is 4.90 Å². The summed E-state index contributed by atoms with van der Waals surface area (Å²) in [5, 5.41) is 0. The molecule has 0 unspecified atom stereocenters. The number of fused-ring (bicyclic) bond motifs is 1. The van der Waals surface area contributed by atoms with Crippen LogP contribution in [-0.4, -0.2) is 49.6 Å². The van der Waals surface area contributed by atoms with Crippen LogP contribution in [0.25, 0.3) is 0 Å². The fraction of sp³-hybridized carbons (Fsp3) is 0.556. The van der Waals surface area contributed by atoms with Gasteiger partial charge in [-0.3, -0.25) is 9.59 Å². The van der Waals surface area contributed by atoms with Crippen LogP contribution < -0.4 is 4.90 Å². The van der Waals surface area contributed by atoms with Crippen molar-refractivity contribution in [3.63, 3.8) is 0 Å². The maximum Gasteiger partial charge on any atom is 0.242 e. The van der Waals surface area contributed by atoms with E-state index in [1.807, 2.05) is 24.3 Å². The van der Waals surface area contributed by atoms with Crippen LogP contribution >= 0.6 is 0 Å². The Kier molecular flexibility index (Phi) is 4.96. The first kappa shape index (κ1) is 16.0. The third kappa shape index (κ3) is 3.72. The van der Waals surface area contributed by atoms with Gasteiger partial charge < -0.3 is 14.5 Å². The highest BCUT2D eigenvalue weighted by atomic mass is 16.5. The van der Waals surface area contributed by atoms with Gasteiger partial charge in [-0.1, -0.05) is 18.2 Å². The number of rotatable bonds is 4. The van der Waals surface area contributed by atoms with Gasteiger partial charge in [0.25, 0.3) is 0 Å². The first-order valence-corrected chi connectivity index (χ1v) is 8.39. The summed E-state index contributed by atoms with van der Waals surface area (Å²) in [7, 11) is 1.79. The van der Waals surface area contributed by atoms with E-state index < -0.39 is 0 Å². The lowest BCUT2D eigenvalue weighted by molar-refractivity contribution is -0.132. The Morgan fingerprint density at radius 3 is 2.91 bits per heavy atom. The van der Waals surface area contributed by atoms with Crippen molar-refractivity contribution in [2.45, 2.75) is 38.2 Å². The van der Waals surface area contributed by atoms with Crippen molar-refractivity contribution in [1.29, 1.82) is 0 Å². The Balaban J connectivity index is 1.63. The zero-order valence-electron chi connectivity index (χ0n) is 13.7. The van der Waals surface area contributed by atoms with Gasteiger partial charge in [-0.05, 0) is 37.3 Å². The number of para-hydroxylation sites is 1. The number of ether oxygens (including phenoxy) is 1. The third-order valence-corrected chi connectivity index (χ3v) is 4.66. The maximum atomic E-state index is 12.5. The summed E-state index contributed by atoms with van der Waals surface area (Å²) < 4.78 is 5.69. The maximum absolute atomic E-state index is 12.5. The molecule has 1 aromatic rings. The van der Waals surface area contributed by atoms with Gasteiger partial charge in [-0.25, -0.2) is 0 Å². The van der Waals surface area contributed by atoms with Gasteiger partial charge in [-0.2, -0.15) is 0 Å². The summed E-state index contributed by atoms with van der Waals surface area (Å²) in [6, 6.07) is 7.83. The molecule has 5 heteroatoms. The van der Waals surface area contributed by atoms with Gasteiger partial charge in [0.05, 0.1) is 6.10 Å². The average Bonchev–Trinajstić information content (AvgIpc) is 2.58. The second-order valence-corrected chi connectivity index (χ2v) is 6.37. The normalized spacial score (nSPS) is 21.0. The molecule has 0 radical (unpaired) electrons. The fourth-order valence-electron chi connectivity index (χ4n) is 3.28. The molecule has 1 aromatic carbocycles. The highest BCUT2D eigenvalue weighted by molar-refractivity contribution is 6.00. The van der Waals surface area contributed by atoms with Crippen LogP contribution in [0.2, 0.25) is 0 Å². The zero-order chi connectivity index (χ0) is 16.2. The lowest BCUT2D eigenvalue weighted by atomic mass is 10.0. The summed E-state index contributed by atoms with van der Waals surface area (Å²) in [6.45, 7) is 1.49. The van der Waals surface area contributed by atoms with Crippen LogP contribution in [0.15, 0.2) is 24.3 Å². The minimum absolute atomic E-state index is 0.0272. The number of carbonyl (C=O) groups is 2. The molecule has 2 aliphatic rings. The quantitative estimate of drug-likeness (QED) is 0.853. The van der Waals surface area contributed by atoms with Crippen molar-refractivity contribution < 1.29 is 14.3 Å². The number of aryl methyl sites for hydroxylation is 1. The largest absolute Gasteiger partial charge is 0.376 e. The summed E-state index contributed by atoms with van der Waals surface area (Å²) >= 11 is 0. The molecule has 23 heavy (non-hydrogen) atoms. The molecule has 1 saturated heterocycles. The van der Waals surface area contributed by atoms with E-state index in [4.69, 9.17) is 4.74 Å². The van der Waals surface area contributed by atoms with E-state index in [-0.39, 0.29) is 24.5 Å². The van der Waals surface area contributed by atoms with Crippen LogP contribution in [0, 0.1) is 0 Å². The SMILES string of the molecule is CN(C[C@H]1CCCCO1)C(=O)CN1C(=O)CCc2ccccc21. The molecule has 1 fully saturated rings. The summed E-state index contributed by atoms with van der Waals surface area (Å²) in [5.41, 5.74) is 2.01. The van der Waals surface area contributed by atoms with Gasteiger partial charge in [0.2, 0.25) is 11.8 Å². The van der Waals surface area contributed by atoms with Crippen molar-refractivity contribution >= 4 is 17.5 Å². The predicted molar refractivity (Wildman–Crippen MR) is 88.3 cm³/mol. The number of hydrogen-bond donors (Lipinski definition) is 0. The number of hydrogen-bond acceptors (Lipinski definition) is 3. The molecule has 1 atom stereocenters. The Labute approximate surface area is 137 Å². The van der Waals surface area contributed by atoms with Crippen LogP contribution in [0.5, 0.6) is 0 Å². The Morgan fingerprint density at radius 2 is 2.13 bits per heavy atom. The zero-order valence-corrected chi connectivity index (χ0v) is 13.7. The minimum atomic E-state index is -0.0378. The first-order chi connectivity index (χ1) is 11.1. The molecular formula is C18H24N2O3. The lowest BCUT2D eigenvalue weighted by Crippen LogP contribution is -2.45. The Bertz CT molecular complexity index is 581. The molecule has 2 heterocycles. The molecular weight excluding hydrogens is 292 g/mol. The number of anilines is 1. The summed E-state index contributed by atoms with van der Waals surface area (Å²) in [6.07, 6.45) is 4.62. The molecule has 0 aliphatic carbocycles. The molecule has 124 valence electrons. The van der Waals surface area contributed by atoms with E-state index in [2.05, 4.69) is 0 Å². The van der Waals surface area contributed by atoms with Crippen molar-refractivity contribution in [3.05, 3.63) is 29.8 Å². The average molecular weight is 316 g/mol. The Hall–Kier alpha value is -1.88. The molecule has 0 bridgehead atoms. The highest BCUT2D eigenvalue weighted by Crippen LogP contribution is 2.27. The lowest BCUT2D eigenvalue weighted by Gasteiger charge is -2.32.